The molecular formula is C11H13N3O2S. The lowest BCUT2D eigenvalue weighted by Crippen LogP contribution is -2.05. The van der Waals surface area contributed by atoms with Crippen molar-refractivity contribution in [2.75, 3.05) is 19.1 Å². The molecule has 3 N–H and O–H groups in total. The summed E-state index contributed by atoms with van der Waals surface area (Å²) in [4.78, 5) is 16.0. The fourth-order valence-corrected chi connectivity index (χ4v) is 2.26. The number of thiazole rings is 1. The van der Waals surface area contributed by atoms with E-state index in [-0.39, 0.29) is 5.78 Å². The molecule has 0 radical (unpaired) electrons. The number of carbonyl (C=O) groups is 1. The topological polar surface area (TPSA) is 77.2 Å². The van der Waals surface area contributed by atoms with Crippen molar-refractivity contribution in [1.82, 2.24) is 4.98 Å². The zero-order valence-electron chi connectivity index (χ0n) is 9.40. The lowest BCUT2D eigenvalue weighted by Gasteiger charge is -1.99. The maximum absolute atomic E-state index is 11.8. The molecule has 0 aliphatic heterocycles. The van der Waals surface area contributed by atoms with Gasteiger partial charge >= 0.3 is 0 Å². The van der Waals surface area contributed by atoms with Crippen LogP contribution >= 0.6 is 11.3 Å². The van der Waals surface area contributed by atoms with Crippen LogP contribution in [0.4, 0.5) is 5.13 Å². The monoisotopic (exact) mass is 251 g/mol. The van der Waals surface area contributed by atoms with Gasteiger partial charge in [0, 0.05) is 19.1 Å². The van der Waals surface area contributed by atoms with Gasteiger partial charge in [-0.2, -0.15) is 0 Å². The van der Waals surface area contributed by atoms with Crippen molar-refractivity contribution in [2.45, 2.75) is 6.42 Å². The number of anilines is 1. The van der Waals surface area contributed by atoms with Gasteiger partial charge in [-0.15, -0.1) is 0 Å². The highest BCUT2D eigenvalue weighted by molar-refractivity contribution is 7.22. The number of methoxy groups -OCH3 is 1. The number of nitrogen functional groups attached to an aromatic ring is 1. The summed E-state index contributed by atoms with van der Waals surface area (Å²) >= 11 is 1.45. The third kappa shape index (κ3) is 2.60. The molecule has 17 heavy (non-hydrogen) atoms. The molecule has 0 atom stereocenters. The van der Waals surface area contributed by atoms with Gasteiger partial charge < -0.3 is 4.74 Å². The van der Waals surface area contributed by atoms with Crippen LogP contribution in [-0.2, 0) is 4.74 Å². The second kappa shape index (κ2) is 5.22. The predicted molar refractivity (Wildman–Crippen MR) is 68.3 cm³/mol. The van der Waals surface area contributed by atoms with Crippen LogP contribution in [-0.4, -0.2) is 24.5 Å². The van der Waals surface area contributed by atoms with Crippen LogP contribution < -0.4 is 11.3 Å². The largest absolute Gasteiger partial charge is 0.384 e. The van der Waals surface area contributed by atoms with E-state index in [1.54, 1.807) is 19.2 Å². The summed E-state index contributed by atoms with van der Waals surface area (Å²) in [6.45, 7) is 0.434. The van der Waals surface area contributed by atoms with Crippen molar-refractivity contribution in [3.63, 3.8) is 0 Å². The molecule has 2 rings (SSSR count). The molecule has 0 aliphatic carbocycles. The standard InChI is InChI=1S/C11H13N3O2S/c1-16-5-4-9(15)7-2-3-10-8(6-7)13-11(14-12)17-10/h2-3,6H,4-5,12H2,1H3,(H,13,14). The SMILES string of the molecule is COCCC(=O)c1ccc2sc(NN)nc2c1. The maximum atomic E-state index is 11.8. The van der Waals surface area contributed by atoms with E-state index in [0.717, 1.165) is 10.2 Å². The molecule has 1 aromatic carbocycles. The molecule has 1 heterocycles. The number of carbonyl (C=O) groups excluding carboxylic acids is 1. The molecule has 6 heteroatoms. The summed E-state index contributed by atoms with van der Waals surface area (Å²) in [7, 11) is 1.58. The number of benzene rings is 1. The predicted octanol–water partition coefficient (Wildman–Crippen LogP) is 1.80. The van der Waals surface area contributed by atoms with Crippen molar-refractivity contribution < 1.29 is 9.53 Å². The summed E-state index contributed by atoms with van der Waals surface area (Å²) in [6.07, 6.45) is 0.383. The third-order valence-corrected chi connectivity index (χ3v) is 3.33. The van der Waals surface area contributed by atoms with Crippen LogP contribution in [0.25, 0.3) is 10.2 Å². The van der Waals surface area contributed by atoms with Gasteiger partial charge in [0.2, 0.25) is 0 Å². The van der Waals surface area contributed by atoms with E-state index in [9.17, 15) is 4.79 Å². The Morgan fingerprint density at radius 2 is 2.41 bits per heavy atom. The van der Waals surface area contributed by atoms with Crippen LogP contribution in [0.2, 0.25) is 0 Å². The minimum atomic E-state index is 0.0593. The van der Waals surface area contributed by atoms with Crippen molar-refractivity contribution >= 4 is 32.5 Å². The zero-order valence-corrected chi connectivity index (χ0v) is 10.2. The highest BCUT2D eigenvalue weighted by Gasteiger charge is 2.09. The molecule has 0 spiro atoms. The van der Waals surface area contributed by atoms with Gasteiger partial charge in [0.1, 0.15) is 0 Å². The number of ether oxygens (including phenoxy) is 1. The Morgan fingerprint density at radius 1 is 1.59 bits per heavy atom. The number of Topliss-reactive ketones (excluding diaryl/α,β-unsaturated/α-hetero) is 1. The van der Waals surface area contributed by atoms with Gasteiger partial charge in [-0.3, -0.25) is 10.2 Å². The Balaban J connectivity index is 2.27. The summed E-state index contributed by atoms with van der Waals surface area (Å²) in [5, 5.41) is 0.640. The Hall–Kier alpha value is -1.50. The summed E-state index contributed by atoms with van der Waals surface area (Å²) in [5.41, 5.74) is 3.94. The van der Waals surface area contributed by atoms with Gasteiger partial charge in [0.15, 0.2) is 10.9 Å². The van der Waals surface area contributed by atoms with Crippen LogP contribution in [0.1, 0.15) is 16.8 Å². The highest BCUT2D eigenvalue weighted by atomic mass is 32.1. The number of hydrogen-bond donors (Lipinski definition) is 2. The molecule has 0 saturated heterocycles. The number of nitrogens with two attached hydrogens (primary N) is 1. The first-order chi connectivity index (χ1) is 8.24. The van der Waals surface area contributed by atoms with E-state index in [0.29, 0.717) is 23.7 Å². The fraction of sp³-hybridized carbons (Fsp3) is 0.273. The summed E-state index contributed by atoms with van der Waals surface area (Å²) < 4.78 is 5.88. The van der Waals surface area contributed by atoms with Crippen molar-refractivity contribution in [1.29, 1.82) is 0 Å². The number of ketones is 1. The molecule has 0 bridgehead atoms. The lowest BCUT2D eigenvalue weighted by atomic mass is 10.1. The van der Waals surface area contributed by atoms with Crippen molar-refractivity contribution in [3.05, 3.63) is 23.8 Å². The van der Waals surface area contributed by atoms with Crippen LogP contribution in [0.3, 0.4) is 0 Å². The quantitative estimate of drug-likeness (QED) is 0.481. The normalized spacial score (nSPS) is 10.7. The van der Waals surface area contributed by atoms with E-state index >= 15 is 0 Å². The Bertz CT molecular complexity index is 538. The van der Waals surface area contributed by atoms with Crippen LogP contribution in [0.5, 0.6) is 0 Å². The second-order valence-corrected chi connectivity index (χ2v) is 4.54. The first kappa shape index (κ1) is 12.0. The summed E-state index contributed by atoms with van der Waals surface area (Å²) in [6, 6.07) is 5.47. The van der Waals surface area contributed by atoms with E-state index in [2.05, 4.69) is 10.4 Å². The molecule has 0 fully saturated rings. The number of fused-ring (bicyclic) bond motifs is 1. The number of hydrogen-bond acceptors (Lipinski definition) is 6. The molecule has 1 aromatic heterocycles. The maximum Gasteiger partial charge on any atom is 0.198 e. The summed E-state index contributed by atoms with van der Waals surface area (Å²) in [5.74, 6) is 5.35. The van der Waals surface area contributed by atoms with Gasteiger partial charge in [-0.1, -0.05) is 11.3 Å². The molecule has 2 aromatic rings. The molecule has 0 unspecified atom stereocenters. The van der Waals surface area contributed by atoms with Gasteiger partial charge in [0.05, 0.1) is 16.8 Å². The minimum absolute atomic E-state index is 0.0593. The van der Waals surface area contributed by atoms with Crippen molar-refractivity contribution in [2.24, 2.45) is 5.84 Å². The average Bonchev–Trinajstić information content (AvgIpc) is 2.77. The average molecular weight is 251 g/mol. The van der Waals surface area contributed by atoms with Gasteiger partial charge in [0.25, 0.3) is 0 Å². The first-order valence-electron chi connectivity index (χ1n) is 5.14. The lowest BCUT2D eigenvalue weighted by molar-refractivity contribution is 0.0932. The minimum Gasteiger partial charge on any atom is -0.384 e. The Labute approximate surface area is 103 Å². The van der Waals surface area contributed by atoms with Gasteiger partial charge in [-0.25, -0.2) is 10.8 Å². The third-order valence-electron chi connectivity index (χ3n) is 2.37. The van der Waals surface area contributed by atoms with E-state index in [4.69, 9.17) is 10.6 Å². The molecule has 0 amide bonds. The number of rotatable bonds is 5. The van der Waals surface area contributed by atoms with Crippen LogP contribution in [0, 0.1) is 0 Å². The van der Waals surface area contributed by atoms with E-state index in [1.807, 2.05) is 6.07 Å². The highest BCUT2D eigenvalue weighted by Crippen LogP contribution is 2.26. The molecule has 0 aliphatic rings. The molecular weight excluding hydrogens is 238 g/mol. The van der Waals surface area contributed by atoms with E-state index in [1.165, 1.54) is 11.3 Å². The Morgan fingerprint density at radius 3 is 3.12 bits per heavy atom. The zero-order chi connectivity index (χ0) is 12.3. The molecule has 0 saturated carbocycles. The Kier molecular flexibility index (Phi) is 3.68. The van der Waals surface area contributed by atoms with Gasteiger partial charge in [-0.05, 0) is 18.2 Å². The number of nitrogens with one attached hydrogen (secondary N) is 1. The van der Waals surface area contributed by atoms with E-state index < -0.39 is 0 Å². The fourth-order valence-electron chi connectivity index (χ4n) is 1.50. The number of aromatic nitrogens is 1. The second-order valence-electron chi connectivity index (χ2n) is 3.51. The first-order valence-corrected chi connectivity index (χ1v) is 5.95. The smallest absolute Gasteiger partial charge is 0.198 e. The van der Waals surface area contributed by atoms with Crippen LogP contribution in [0.15, 0.2) is 18.2 Å². The number of hydrazine groups is 1. The number of nitrogens with zero attached hydrogens (tertiary/aromatic N) is 1. The van der Waals surface area contributed by atoms with Crippen molar-refractivity contribution in [3.8, 4) is 0 Å². The molecule has 90 valence electrons. The molecule has 5 nitrogen and oxygen atoms in total.